The van der Waals surface area contributed by atoms with Crippen LogP contribution in [0.5, 0.6) is 0 Å². The second kappa shape index (κ2) is 5.80. The van der Waals surface area contributed by atoms with Gasteiger partial charge in [-0.3, -0.25) is 14.5 Å². The largest absolute Gasteiger partial charge is 0.282 e. The number of carbonyl (C=O) groups excluding carboxylic acids is 2. The number of nitrogens with zero attached hydrogens (tertiary/aromatic N) is 1. The first-order valence-corrected chi connectivity index (χ1v) is 7.02. The molecule has 0 aromatic rings. The van der Waals surface area contributed by atoms with Crippen molar-refractivity contribution in [1.29, 1.82) is 0 Å². The van der Waals surface area contributed by atoms with Crippen molar-refractivity contribution in [2.24, 2.45) is 17.8 Å². The number of amides is 2. The van der Waals surface area contributed by atoms with Gasteiger partial charge in [0.05, 0.1) is 0 Å². The smallest absolute Gasteiger partial charge is 0.232 e. The number of imide groups is 1. The van der Waals surface area contributed by atoms with E-state index in [1.807, 2.05) is 13.8 Å². The highest BCUT2D eigenvalue weighted by atomic mass is 79.9. The Morgan fingerprint density at radius 1 is 1.19 bits per heavy atom. The van der Waals surface area contributed by atoms with E-state index in [1.165, 1.54) is 4.90 Å². The summed E-state index contributed by atoms with van der Waals surface area (Å²) in [6.45, 7) is 6.42. The van der Waals surface area contributed by atoms with Crippen molar-refractivity contribution < 1.29 is 9.59 Å². The molecule has 2 amide bonds. The maximum atomic E-state index is 11.8. The van der Waals surface area contributed by atoms with Crippen molar-refractivity contribution >= 4 is 27.7 Å². The van der Waals surface area contributed by atoms with Crippen LogP contribution in [0, 0.1) is 17.8 Å². The molecule has 0 bridgehead atoms. The summed E-state index contributed by atoms with van der Waals surface area (Å²) >= 11 is 3.40. The molecule has 1 aliphatic rings. The second-order valence-electron chi connectivity index (χ2n) is 4.78. The standard InChI is InChI=1S/C12H20BrNO2/c1-8(4-6-13)5-7-14-11(15)9(2)10(3)12(14)16/h8-10H,4-7H2,1-3H3. The first-order chi connectivity index (χ1) is 7.49. The molecule has 16 heavy (non-hydrogen) atoms. The SMILES string of the molecule is CC(CCBr)CCN1C(=O)C(C)C(C)C1=O. The molecule has 92 valence electrons. The van der Waals surface area contributed by atoms with Crippen molar-refractivity contribution in [1.82, 2.24) is 4.90 Å². The van der Waals surface area contributed by atoms with Crippen molar-refractivity contribution in [3.63, 3.8) is 0 Å². The van der Waals surface area contributed by atoms with E-state index < -0.39 is 0 Å². The first-order valence-electron chi connectivity index (χ1n) is 5.90. The monoisotopic (exact) mass is 289 g/mol. The van der Waals surface area contributed by atoms with Crippen molar-refractivity contribution in [3.8, 4) is 0 Å². The lowest BCUT2D eigenvalue weighted by atomic mass is 10.00. The fraction of sp³-hybridized carbons (Fsp3) is 0.833. The van der Waals surface area contributed by atoms with E-state index in [4.69, 9.17) is 0 Å². The number of hydrogen-bond acceptors (Lipinski definition) is 2. The molecule has 1 heterocycles. The van der Waals surface area contributed by atoms with Crippen LogP contribution in [0.25, 0.3) is 0 Å². The van der Waals surface area contributed by atoms with Crippen LogP contribution in [0.1, 0.15) is 33.6 Å². The van der Waals surface area contributed by atoms with Crippen LogP contribution in [0.3, 0.4) is 0 Å². The molecular weight excluding hydrogens is 270 g/mol. The zero-order chi connectivity index (χ0) is 12.3. The summed E-state index contributed by atoms with van der Waals surface area (Å²) in [7, 11) is 0. The highest BCUT2D eigenvalue weighted by molar-refractivity contribution is 9.09. The van der Waals surface area contributed by atoms with E-state index in [0.717, 1.165) is 18.2 Å². The summed E-state index contributed by atoms with van der Waals surface area (Å²) in [5.41, 5.74) is 0. The molecule has 1 aliphatic heterocycles. The Morgan fingerprint density at radius 2 is 1.69 bits per heavy atom. The fourth-order valence-electron chi connectivity index (χ4n) is 1.93. The quantitative estimate of drug-likeness (QED) is 0.576. The highest BCUT2D eigenvalue weighted by Crippen LogP contribution is 2.26. The predicted octanol–water partition coefficient (Wildman–Crippen LogP) is 2.44. The molecule has 1 rings (SSSR count). The molecule has 0 saturated carbocycles. The Balaban J connectivity index is 2.49. The van der Waals surface area contributed by atoms with Gasteiger partial charge in [0.15, 0.2) is 0 Å². The van der Waals surface area contributed by atoms with Crippen LogP contribution in [-0.2, 0) is 9.59 Å². The number of halogens is 1. The Hall–Kier alpha value is -0.380. The van der Waals surface area contributed by atoms with Gasteiger partial charge in [-0.15, -0.1) is 0 Å². The zero-order valence-electron chi connectivity index (χ0n) is 10.2. The Labute approximate surface area is 106 Å². The van der Waals surface area contributed by atoms with E-state index in [2.05, 4.69) is 22.9 Å². The average molecular weight is 290 g/mol. The van der Waals surface area contributed by atoms with Gasteiger partial charge in [-0.1, -0.05) is 36.7 Å². The van der Waals surface area contributed by atoms with Crippen LogP contribution >= 0.6 is 15.9 Å². The van der Waals surface area contributed by atoms with Crippen LogP contribution < -0.4 is 0 Å². The van der Waals surface area contributed by atoms with Crippen molar-refractivity contribution in [2.75, 3.05) is 11.9 Å². The van der Waals surface area contributed by atoms with Gasteiger partial charge in [0.1, 0.15) is 0 Å². The van der Waals surface area contributed by atoms with E-state index in [0.29, 0.717) is 12.5 Å². The maximum Gasteiger partial charge on any atom is 0.232 e. The van der Waals surface area contributed by atoms with Crippen LogP contribution in [0.4, 0.5) is 0 Å². The summed E-state index contributed by atoms with van der Waals surface area (Å²) in [5.74, 6) is 0.274. The minimum Gasteiger partial charge on any atom is -0.282 e. The first kappa shape index (κ1) is 13.7. The lowest BCUT2D eigenvalue weighted by Crippen LogP contribution is -2.32. The third-order valence-corrected chi connectivity index (χ3v) is 3.97. The van der Waals surface area contributed by atoms with Gasteiger partial charge >= 0.3 is 0 Å². The van der Waals surface area contributed by atoms with E-state index in [9.17, 15) is 9.59 Å². The third-order valence-electron chi connectivity index (χ3n) is 3.51. The minimum atomic E-state index is -0.140. The molecule has 0 N–H and O–H groups in total. The number of alkyl halides is 1. The second-order valence-corrected chi connectivity index (χ2v) is 5.57. The van der Waals surface area contributed by atoms with Gasteiger partial charge in [-0.05, 0) is 18.8 Å². The van der Waals surface area contributed by atoms with Gasteiger partial charge in [0.25, 0.3) is 0 Å². The molecule has 4 heteroatoms. The summed E-state index contributed by atoms with van der Waals surface area (Å²) in [5, 5.41) is 0.975. The van der Waals surface area contributed by atoms with Gasteiger partial charge < -0.3 is 0 Å². The lowest BCUT2D eigenvalue weighted by Gasteiger charge is -2.17. The maximum absolute atomic E-state index is 11.8. The van der Waals surface area contributed by atoms with Crippen LogP contribution in [-0.4, -0.2) is 28.6 Å². The number of hydrogen-bond donors (Lipinski definition) is 0. The number of rotatable bonds is 5. The van der Waals surface area contributed by atoms with Gasteiger partial charge in [-0.25, -0.2) is 0 Å². The average Bonchev–Trinajstić information content (AvgIpc) is 2.42. The molecular formula is C12H20BrNO2. The molecule has 0 aromatic heterocycles. The molecule has 0 spiro atoms. The van der Waals surface area contributed by atoms with E-state index >= 15 is 0 Å². The van der Waals surface area contributed by atoms with Gasteiger partial charge in [0.2, 0.25) is 11.8 Å². The summed E-state index contributed by atoms with van der Waals surface area (Å²) in [4.78, 5) is 25.0. The number of likely N-dealkylation sites (tertiary alicyclic amines) is 1. The normalized spacial score (nSPS) is 27.6. The summed E-state index contributed by atoms with van der Waals surface area (Å²) < 4.78 is 0. The van der Waals surface area contributed by atoms with Gasteiger partial charge in [0, 0.05) is 23.7 Å². The van der Waals surface area contributed by atoms with E-state index in [1.54, 1.807) is 0 Å². The Kier molecular flexibility index (Phi) is 4.96. The van der Waals surface area contributed by atoms with Crippen molar-refractivity contribution in [2.45, 2.75) is 33.6 Å². The Bertz CT molecular complexity index is 260. The summed E-state index contributed by atoms with van der Waals surface area (Å²) in [6, 6.07) is 0. The zero-order valence-corrected chi connectivity index (χ0v) is 11.8. The minimum absolute atomic E-state index is 0.00328. The predicted molar refractivity (Wildman–Crippen MR) is 67.2 cm³/mol. The van der Waals surface area contributed by atoms with Crippen LogP contribution in [0.15, 0.2) is 0 Å². The molecule has 3 atom stereocenters. The summed E-state index contributed by atoms with van der Waals surface area (Å²) in [6.07, 6.45) is 1.99. The third kappa shape index (κ3) is 2.84. The highest BCUT2D eigenvalue weighted by Gasteiger charge is 2.41. The van der Waals surface area contributed by atoms with Crippen LogP contribution in [0.2, 0.25) is 0 Å². The van der Waals surface area contributed by atoms with Crippen molar-refractivity contribution in [3.05, 3.63) is 0 Å². The molecule has 0 radical (unpaired) electrons. The Morgan fingerprint density at radius 3 is 2.12 bits per heavy atom. The van der Waals surface area contributed by atoms with E-state index in [-0.39, 0.29) is 23.7 Å². The topological polar surface area (TPSA) is 37.4 Å². The molecule has 1 saturated heterocycles. The number of carbonyl (C=O) groups is 2. The fourth-order valence-corrected chi connectivity index (χ4v) is 2.71. The lowest BCUT2D eigenvalue weighted by molar-refractivity contribution is -0.139. The molecule has 0 aliphatic carbocycles. The molecule has 3 unspecified atom stereocenters. The molecule has 1 fully saturated rings. The van der Waals surface area contributed by atoms with Gasteiger partial charge in [-0.2, -0.15) is 0 Å². The molecule has 3 nitrogen and oxygen atoms in total. The molecule has 0 aromatic carbocycles.